The Labute approximate surface area is 72.6 Å². The maximum absolute atomic E-state index is 11.2. The van der Waals surface area contributed by atoms with Crippen LogP contribution in [0.2, 0.25) is 0 Å². The number of nitrogens with two attached hydrogens (primary N) is 1. The van der Waals surface area contributed by atoms with Crippen molar-refractivity contribution in [1.29, 1.82) is 0 Å². The van der Waals surface area contributed by atoms with Gasteiger partial charge in [-0.1, -0.05) is 11.6 Å². The third-order valence-electron chi connectivity index (χ3n) is 2.25. The monoisotopic (exact) mass is 169 g/mol. The Kier molecular flexibility index (Phi) is 3.29. The lowest BCUT2D eigenvalue weighted by Gasteiger charge is -2.12. The van der Waals surface area contributed by atoms with Gasteiger partial charge in [-0.15, -0.1) is 0 Å². The molecule has 0 bridgehead atoms. The molecule has 12 heavy (non-hydrogen) atoms. The summed E-state index contributed by atoms with van der Waals surface area (Å²) < 4.78 is 4.66. The lowest BCUT2D eigenvalue weighted by Crippen LogP contribution is -2.26. The molecular weight excluding hydrogens is 154 g/mol. The van der Waals surface area contributed by atoms with Gasteiger partial charge >= 0.3 is 5.97 Å². The van der Waals surface area contributed by atoms with E-state index in [0.29, 0.717) is 6.54 Å². The van der Waals surface area contributed by atoms with E-state index in [2.05, 4.69) is 10.8 Å². The Morgan fingerprint density at radius 1 is 1.83 bits per heavy atom. The average molecular weight is 169 g/mol. The molecule has 1 rings (SSSR count). The van der Waals surface area contributed by atoms with Crippen molar-refractivity contribution < 1.29 is 9.53 Å². The number of carbonyl (C=O) groups excluding carboxylic acids is 1. The van der Waals surface area contributed by atoms with Crippen LogP contribution in [-0.4, -0.2) is 19.6 Å². The minimum Gasteiger partial charge on any atom is -0.469 e. The summed E-state index contributed by atoms with van der Waals surface area (Å²) in [5, 5.41) is 0. The molecule has 0 radical (unpaired) electrons. The van der Waals surface area contributed by atoms with Gasteiger partial charge in [0.1, 0.15) is 0 Å². The van der Waals surface area contributed by atoms with Gasteiger partial charge in [-0.25, -0.2) is 0 Å². The van der Waals surface area contributed by atoms with Gasteiger partial charge in [0.25, 0.3) is 0 Å². The Morgan fingerprint density at radius 2 is 2.58 bits per heavy atom. The fourth-order valence-electron chi connectivity index (χ4n) is 1.55. The molecule has 0 saturated heterocycles. The average Bonchev–Trinajstić information content (AvgIpc) is 2.58. The highest BCUT2D eigenvalue weighted by atomic mass is 16.5. The summed E-state index contributed by atoms with van der Waals surface area (Å²) in [7, 11) is 1.40. The van der Waals surface area contributed by atoms with Crippen molar-refractivity contribution in [2.24, 2.45) is 11.7 Å². The molecule has 68 valence electrons. The third kappa shape index (κ3) is 1.85. The topological polar surface area (TPSA) is 52.3 Å². The molecule has 2 N–H and O–H groups in total. The summed E-state index contributed by atoms with van der Waals surface area (Å²) in [5.74, 6) is -0.400. The molecule has 0 amide bonds. The van der Waals surface area contributed by atoms with Gasteiger partial charge < -0.3 is 10.5 Å². The maximum Gasteiger partial charge on any atom is 0.314 e. The Morgan fingerprint density at radius 3 is 3.00 bits per heavy atom. The summed E-state index contributed by atoms with van der Waals surface area (Å²) in [5.41, 5.74) is 6.64. The van der Waals surface area contributed by atoms with E-state index >= 15 is 0 Å². The predicted molar refractivity (Wildman–Crippen MR) is 46.5 cm³/mol. The first-order valence-corrected chi connectivity index (χ1v) is 4.26. The van der Waals surface area contributed by atoms with Crippen LogP contribution in [-0.2, 0) is 9.53 Å². The van der Waals surface area contributed by atoms with Gasteiger partial charge in [-0.05, 0) is 19.3 Å². The molecule has 1 unspecified atom stereocenters. The quantitative estimate of drug-likeness (QED) is 0.503. The van der Waals surface area contributed by atoms with E-state index in [1.807, 2.05) is 0 Å². The zero-order chi connectivity index (χ0) is 8.97. The minimum atomic E-state index is -0.203. The lowest BCUT2D eigenvalue weighted by atomic mass is 9.99. The van der Waals surface area contributed by atoms with Gasteiger partial charge in [0.2, 0.25) is 0 Å². The molecule has 0 heterocycles. The van der Waals surface area contributed by atoms with Gasteiger partial charge in [0.05, 0.1) is 13.0 Å². The fraction of sp³-hybridized carbons (Fsp3) is 0.667. The van der Waals surface area contributed by atoms with Crippen LogP contribution in [0, 0.1) is 5.92 Å². The van der Waals surface area contributed by atoms with Crippen molar-refractivity contribution in [1.82, 2.24) is 0 Å². The van der Waals surface area contributed by atoms with Crippen LogP contribution in [0.4, 0.5) is 0 Å². The van der Waals surface area contributed by atoms with Crippen LogP contribution in [0.1, 0.15) is 19.3 Å². The molecule has 3 heteroatoms. The molecule has 3 nitrogen and oxygen atoms in total. The van der Waals surface area contributed by atoms with Crippen molar-refractivity contribution in [3.63, 3.8) is 0 Å². The molecule has 0 saturated carbocycles. The van der Waals surface area contributed by atoms with Crippen LogP contribution in [0.25, 0.3) is 0 Å². The van der Waals surface area contributed by atoms with Crippen molar-refractivity contribution in [2.45, 2.75) is 19.3 Å². The number of methoxy groups -OCH3 is 1. The first kappa shape index (κ1) is 9.26. The number of hydrogen-bond donors (Lipinski definition) is 1. The highest BCUT2D eigenvalue weighted by molar-refractivity contribution is 5.76. The van der Waals surface area contributed by atoms with Crippen molar-refractivity contribution in [3.05, 3.63) is 11.6 Å². The first-order valence-electron chi connectivity index (χ1n) is 4.26. The van der Waals surface area contributed by atoms with Crippen LogP contribution in [0.5, 0.6) is 0 Å². The molecular formula is C9H15NO2. The standard InChI is InChI=1S/C9H15NO2/c1-12-9(11)8(6-10)7-4-2-3-5-7/h4,8H,2-3,5-6,10H2,1H3. The van der Waals surface area contributed by atoms with E-state index in [1.54, 1.807) is 0 Å². The van der Waals surface area contributed by atoms with E-state index in [9.17, 15) is 4.79 Å². The highest BCUT2D eigenvalue weighted by Crippen LogP contribution is 2.25. The maximum atomic E-state index is 11.2. The lowest BCUT2D eigenvalue weighted by molar-refractivity contribution is -0.143. The Bertz CT molecular complexity index is 199. The number of ether oxygens (including phenoxy) is 1. The van der Waals surface area contributed by atoms with Crippen LogP contribution in [0.3, 0.4) is 0 Å². The highest BCUT2D eigenvalue weighted by Gasteiger charge is 2.23. The molecule has 0 aromatic rings. The molecule has 0 spiro atoms. The van der Waals surface area contributed by atoms with Crippen molar-refractivity contribution in [3.8, 4) is 0 Å². The minimum absolute atomic E-state index is 0.197. The smallest absolute Gasteiger partial charge is 0.314 e. The van der Waals surface area contributed by atoms with Gasteiger partial charge in [-0.3, -0.25) is 4.79 Å². The van der Waals surface area contributed by atoms with Gasteiger partial charge in [0, 0.05) is 6.54 Å². The number of rotatable bonds is 3. The summed E-state index contributed by atoms with van der Waals surface area (Å²) in [4.78, 5) is 11.2. The number of carbonyl (C=O) groups is 1. The third-order valence-corrected chi connectivity index (χ3v) is 2.25. The second-order valence-corrected chi connectivity index (χ2v) is 2.98. The molecule has 1 aliphatic carbocycles. The summed E-state index contributed by atoms with van der Waals surface area (Å²) in [6.07, 6.45) is 5.32. The van der Waals surface area contributed by atoms with Crippen molar-refractivity contribution >= 4 is 5.97 Å². The second kappa shape index (κ2) is 4.26. The van der Waals surface area contributed by atoms with E-state index in [0.717, 1.165) is 24.8 Å². The van der Waals surface area contributed by atoms with Gasteiger partial charge in [0.15, 0.2) is 0 Å². The molecule has 0 aromatic heterocycles. The van der Waals surface area contributed by atoms with E-state index in [4.69, 9.17) is 5.73 Å². The van der Waals surface area contributed by atoms with Crippen LogP contribution in [0.15, 0.2) is 11.6 Å². The van der Waals surface area contributed by atoms with Gasteiger partial charge in [-0.2, -0.15) is 0 Å². The van der Waals surface area contributed by atoms with Crippen molar-refractivity contribution in [2.75, 3.05) is 13.7 Å². The zero-order valence-corrected chi connectivity index (χ0v) is 7.38. The summed E-state index contributed by atoms with van der Waals surface area (Å²) in [6, 6.07) is 0. The molecule has 0 fully saturated rings. The SMILES string of the molecule is COC(=O)C(CN)C1=CCCC1. The van der Waals surface area contributed by atoms with Crippen LogP contribution < -0.4 is 5.73 Å². The number of hydrogen-bond acceptors (Lipinski definition) is 3. The molecule has 0 aromatic carbocycles. The Balaban J connectivity index is 2.60. The summed E-state index contributed by atoms with van der Waals surface area (Å²) in [6.45, 7) is 0.360. The molecule has 1 atom stereocenters. The predicted octanol–water partition coefficient (Wildman–Crippen LogP) is 0.845. The van der Waals surface area contributed by atoms with E-state index in [1.165, 1.54) is 7.11 Å². The second-order valence-electron chi connectivity index (χ2n) is 2.98. The largest absolute Gasteiger partial charge is 0.469 e. The van der Waals surface area contributed by atoms with E-state index < -0.39 is 0 Å². The fourth-order valence-corrected chi connectivity index (χ4v) is 1.55. The zero-order valence-electron chi connectivity index (χ0n) is 7.38. The van der Waals surface area contributed by atoms with E-state index in [-0.39, 0.29) is 11.9 Å². The summed E-state index contributed by atoms with van der Waals surface area (Å²) >= 11 is 0. The Hall–Kier alpha value is -0.830. The number of allylic oxidation sites excluding steroid dienone is 1. The van der Waals surface area contributed by atoms with Crippen LogP contribution >= 0.6 is 0 Å². The molecule has 1 aliphatic rings. The first-order chi connectivity index (χ1) is 5.79. The number of esters is 1. The normalized spacial score (nSPS) is 18.7. The molecule has 0 aliphatic heterocycles.